The zero-order valence-electron chi connectivity index (χ0n) is 14.2. The van der Waals surface area contributed by atoms with Gasteiger partial charge in [0.05, 0.1) is 5.69 Å². The van der Waals surface area contributed by atoms with Gasteiger partial charge in [-0.05, 0) is 25.0 Å². The van der Waals surface area contributed by atoms with Crippen molar-refractivity contribution in [2.75, 3.05) is 7.11 Å². The van der Waals surface area contributed by atoms with Crippen molar-refractivity contribution in [2.24, 2.45) is 0 Å². The smallest absolute Gasteiger partial charge is 0.176 e. The summed E-state index contributed by atoms with van der Waals surface area (Å²) in [5, 5.41) is 9.01. The highest BCUT2D eigenvalue weighted by Gasteiger charge is 2.10. The topological polar surface area (TPSA) is 57.8 Å². The lowest BCUT2D eigenvalue weighted by Gasteiger charge is -2.06. The van der Waals surface area contributed by atoms with E-state index in [0.29, 0.717) is 6.61 Å². The molecular formula is C18H23N5O. The van der Waals surface area contributed by atoms with E-state index in [1.165, 1.54) is 5.56 Å². The molecule has 3 rings (SSSR count). The van der Waals surface area contributed by atoms with E-state index in [-0.39, 0.29) is 0 Å². The molecular weight excluding hydrogens is 302 g/mol. The molecule has 0 aliphatic rings. The maximum absolute atomic E-state index is 5.17. The molecule has 0 saturated carbocycles. The van der Waals surface area contributed by atoms with Crippen molar-refractivity contribution in [3.05, 3.63) is 65.5 Å². The zero-order chi connectivity index (χ0) is 16.8. The number of methoxy groups -OCH3 is 1. The Labute approximate surface area is 142 Å². The number of aryl methyl sites for hydroxylation is 5. The van der Waals surface area contributed by atoms with Gasteiger partial charge in [-0.1, -0.05) is 30.3 Å². The Hall–Kier alpha value is -2.47. The lowest BCUT2D eigenvalue weighted by atomic mass is 10.1. The number of ether oxygens (including phenoxy) is 1. The second-order valence-electron chi connectivity index (χ2n) is 5.81. The van der Waals surface area contributed by atoms with E-state index in [0.717, 1.165) is 43.3 Å². The first kappa shape index (κ1) is 16.4. The Morgan fingerprint density at radius 2 is 1.83 bits per heavy atom. The molecule has 0 spiro atoms. The van der Waals surface area contributed by atoms with Crippen LogP contribution in [0.15, 0.2) is 42.6 Å². The average molecular weight is 325 g/mol. The summed E-state index contributed by atoms with van der Waals surface area (Å²) >= 11 is 0. The van der Waals surface area contributed by atoms with Gasteiger partial charge < -0.3 is 4.74 Å². The quantitative estimate of drug-likeness (QED) is 0.638. The molecule has 1 aromatic carbocycles. The van der Waals surface area contributed by atoms with Crippen LogP contribution in [0.2, 0.25) is 0 Å². The van der Waals surface area contributed by atoms with Crippen LogP contribution in [0.25, 0.3) is 0 Å². The Balaban J connectivity index is 1.68. The second-order valence-corrected chi connectivity index (χ2v) is 5.81. The SMILES string of the molecule is COCc1nc(CCn2ccc(C)n2)n(CCc2ccccc2)n1. The summed E-state index contributed by atoms with van der Waals surface area (Å²) in [6.07, 6.45) is 3.73. The predicted molar refractivity (Wildman–Crippen MR) is 91.5 cm³/mol. The van der Waals surface area contributed by atoms with E-state index in [1.807, 2.05) is 34.6 Å². The molecule has 0 saturated heterocycles. The molecule has 0 N–H and O–H groups in total. The highest BCUT2D eigenvalue weighted by Crippen LogP contribution is 2.07. The minimum atomic E-state index is 0.437. The standard InChI is InChI=1S/C18H23N5O/c1-15-8-11-22(20-15)12-10-18-19-17(14-24-2)21-23(18)13-9-16-6-4-3-5-7-16/h3-8,11H,9-10,12-14H2,1-2H3. The maximum Gasteiger partial charge on any atom is 0.176 e. The van der Waals surface area contributed by atoms with Crippen LogP contribution >= 0.6 is 0 Å². The summed E-state index contributed by atoms with van der Waals surface area (Å²) < 4.78 is 9.11. The Morgan fingerprint density at radius 1 is 1.00 bits per heavy atom. The Bertz CT molecular complexity index is 763. The van der Waals surface area contributed by atoms with E-state index in [2.05, 4.69) is 39.4 Å². The van der Waals surface area contributed by atoms with Gasteiger partial charge in [-0.15, -0.1) is 0 Å². The van der Waals surface area contributed by atoms with Crippen LogP contribution in [-0.4, -0.2) is 31.7 Å². The van der Waals surface area contributed by atoms with Crippen molar-refractivity contribution in [2.45, 2.75) is 39.5 Å². The van der Waals surface area contributed by atoms with E-state index in [1.54, 1.807) is 7.11 Å². The number of rotatable bonds is 8. The number of hydrogen-bond acceptors (Lipinski definition) is 4. The highest BCUT2D eigenvalue weighted by molar-refractivity contribution is 5.14. The van der Waals surface area contributed by atoms with Gasteiger partial charge >= 0.3 is 0 Å². The molecule has 2 aromatic heterocycles. The minimum absolute atomic E-state index is 0.437. The lowest BCUT2D eigenvalue weighted by Crippen LogP contribution is -2.11. The van der Waals surface area contributed by atoms with Crippen LogP contribution in [0.5, 0.6) is 0 Å². The van der Waals surface area contributed by atoms with Crippen molar-refractivity contribution in [1.29, 1.82) is 0 Å². The summed E-state index contributed by atoms with van der Waals surface area (Å²) in [5.41, 5.74) is 2.33. The number of aromatic nitrogens is 5. The third-order valence-electron chi connectivity index (χ3n) is 3.86. The normalized spacial score (nSPS) is 11.1. The third kappa shape index (κ3) is 4.29. The molecule has 126 valence electrons. The van der Waals surface area contributed by atoms with Crippen molar-refractivity contribution in [1.82, 2.24) is 24.5 Å². The van der Waals surface area contributed by atoms with Crippen molar-refractivity contribution in [3.63, 3.8) is 0 Å². The van der Waals surface area contributed by atoms with Crippen molar-refractivity contribution in [3.8, 4) is 0 Å². The molecule has 6 nitrogen and oxygen atoms in total. The Kier molecular flexibility index (Phi) is 5.38. The van der Waals surface area contributed by atoms with Crippen LogP contribution in [0, 0.1) is 6.92 Å². The van der Waals surface area contributed by atoms with Gasteiger partial charge in [0, 0.05) is 32.8 Å². The second kappa shape index (κ2) is 7.88. The van der Waals surface area contributed by atoms with Gasteiger partial charge in [0.15, 0.2) is 5.82 Å². The van der Waals surface area contributed by atoms with E-state index in [9.17, 15) is 0 Å². The molecule has 0 atom stereocenters. The van der Waals surface area contributed by atoms with Gasteiger partial charge in [-0.25, -0.2) is 9.67 Å². The number of benzene rings is 1. The molecule has 6 heteroatoms. The fraction of sp³-hybridized carbons (Fsp3) is 0.389. The van der Waals surface area contributed by atoms with Crippen LogP contribution in [-0.2, 0) is 37.3 Å². The van der Waals surface area contributed by atoms with E-state index in [4.69, 9.17) is 4.74 Å². The van der Waals surface area contributed by atoms with Crippen LogP contribution < -0.4 is 0 Å². The van der Waals surface area contributed by atoms with Crippen LogP contribution in [0.4, 0.5) is 0 Å². The summed E-state index contributed by atoms with van der Waals surface area (Å²) in [6, 6.07) is 12.4. The molecule has 24 heavy (non-hydrogen) atoms. The van der Waals surface area contributed by atoms with Gasteiger partial charge in [-0.2, -0.15) is 10.2 Å². The minimum Gasteiger partial charge on any atom is -0.377 e. The largest absolute Gasteiger partial charge is 0.377 e. The molecule has 3 aromatic rings. The van der Waals surface area contributed by atoms with Crippen LogP contribution in [0.1, 0.15) is 22.9 Å². The average Bonchev–Trinajstić information content (AvgIpc) is 3.18. The summed E-state index contributed by atoms with van der Waals surface area (Å²) in [4.78, 5) is 4.62. The molecule has 0 aliphatic carbocycles. The monoisotopic (exact) mass is 325 g/mol. The van der Waals surface area contributed by atoms with Crippen molar-refractivity contribution >= 4 is 0 Å². The molecule has 0 bridgehead atoms. The molecule has 0 amide bonds. The predicted octanol–water partition coefficient (Wildman–Crippen LogP) is 2.41. The van der Waals surface area contributed by atoms with Crippen LogP contribution in [0.3, 0.4) is 0 Å². The summed E-state index contributed by atoms with van der Waals surface area (Å²) in [7, 11) is 1.66. The van der Waals surface area contributed by atoms with Gasteiger partial charge in [0.25, 0.3) is 0 Å². The highest BCUT2D eigenvalue weighted by atomic mass is 16.5. The van der Waals surface area contributed by atoms with Gasteiger partial charge in [0.1, 0.15) is 12.4 Å². The molecule has 0 fully saturated rings. The molecule has 0 unspecified atom stereocenters. The van der Waals surface area contributed by atoms with Gasteiger partial charge in [0.2, 0.25) is 0 Å². The summed E-state index contributed by atoms with van der Waals surface area (Å²) in [6.45, 7) is 4.04. The number of nitrogens with zero attached hydrogens (tertiary/aromatic N) is 5. The summed E-state index contributed by atoms with van der Waals surface area (Å²) in [5.74, 6) is 1.71. The lowest BCUT2D eigenvalue weighted by molar-refractivity contribution is 0.177. The first-order valence-corrected chi connectivity index (χ1v) is 8.20. The molecule has 0 aliphatic heterocycles. The number of hydrogen-bond donors (Lipinski definition) is 0. The maximum atomic E-state index is 5.17. The van der Waals surface area contributed by atoms with Crippen molar-refractivity contribution < 1.29 is 4.74 Å². The fourth-order valence-electron chi connectivity index (χ4n) is 2.66. The first-order valence-electron chi connectivity index (χ1n) is 8.20. The first-order chi connectivity index (χ1) is 11.7. The fourth-order valence-corrected chi connectivity index (χ4v) is 2.66. The van der Waals surface area contributed by atoms with Gasteiger partial charge in [-0.3, -0.25) is 4.68 Å². The molecule has 2 heterocycles. The molecule has 0 radical (unpaired) electrons. The Morgan fingerprint density at radius 3 is 2.54 bits per heavy atom. The van der Waals surface area contributed by atoms with E-state index < -0.39 is 0 Å². The zero-order valence-corrected chi connectivity index (χ0v) is 14.2. The van der Waals surface area contributed by atoms with E-state index >= 15 is 0 Å². The third-order valence-corrected chi connectivity index (χ3v) is 3.86.